The van der Waals surface area contributed by atoms with Crippen LogP contribution in [0, 0.1) is 53.4 Å². The van der Waals surface area contributed by atoms with Crippen molar-refractivity contribution in [3.63, 3.8) is 0 Å². The molecule has 4 heteroatoms. The zero-order chi connectivity index (χ0) is 25.0. The number of carbonyl (C=O) groups excluding carboxylic acids is 1. The minimum atomic E-state index is -0.492. The van der Waals surface area contributed by atoms with Gasteiger partial charge in [0.2, 0.25) is 0 Å². The molecule has 0 aromatic carbocycles. The molecule has 3 aliphatic rings. The van der Waals surface area contributed by atoms with Crippen LogP contribution in [-0.4, -0.2) is 18.1 Å². The highest BCUT2D eigenvalue weighted by atomic mass is 16.5. The minimum Gasteiger partial charge on any atom is -0.454 e. The summed E-state index contributed by atoms with van der Waals surface area (Å²) in [4.78, 5) is 16.9. The van der Waals surface area contributed by atoms with Gasteiger partial charge in [0.05, 0.1) is 12.0 Å². The van der Waals surface area contributed by atoms with E-state index in [0.29, 0.717) is 0 Å². The third-order valence-electron chi connectivity index (χ3n) is 9.70. The van der Waals surface area contributed by atoms with Crippen molar-refractivity contribution in [2.45, 2.75) is 142 Å². The number of ether oxygens (including phenoxy) is 1. The Kier molecular flexibility index (Phi) is 11.9. The summed E-state index contributed by atoms with van der Waals surface area (Å²) in [5, 5.41) is 9.81. The van der Waals surface area contributed by atoms with Crippen molar-refractivity contribution < 1.29 is 9.53 Å². The Labute approximate surface area is 215 Å². The summed E-state index contributed by atoms with van der Waals surface area (Å²) in [5.41, 5.74) is 0. The van der Waals surface area contributed by atoms with Crippen LogP contribution in [0.25, 0.3) is 4.85 Å². The highest BCUT2D eigenvalue weighted by molar-refractivity contribution is 5.72. The lowest BCUT2D eigenvalue weighted by Gasteiger charge is -2.38. The van der Waals surface area contributed by atoms with E-state index in [2.05, 4.69) is 24.8 Å². The molecule has 0 radical (unpaired) electrons. The second-order valence-electron chi connectivity index (χ2n) is 12.0. The van der Waals surface area contributed by atoms with Crippen LogP contribution in [0.1, 0.15) is 129 Å². The van der Waals surface area contributed by atoms with Crippen LogP contribution in [0.2, 0.25) is 0 Å². The van der Waals surface area contributed by atoms with E-state index in [-0.39, 0.29) is 23.7 Å². The summed E-state index contributed by atoms with van der Waals surface area (Å²) >= 11 is 0. The van der Waals surface area contributed by atoms with E-state index in [4.69, 9.17) is 11.3 Å². The topological polar surface area (TPSA) is 54.5 Å². The molecule has 0 spiro atoms. The van der Waals surface area contributed by atoms with E-state index in [1.54, 1.807) is 0 Å². The van der Waals surface area contributed by atoms with Gasteiger partial charge in [-0.05, 0) is 81.5 Å². The molecule has 4 unspecified atom stereocenters. The average Bonchev–Trinajstić information content (AvgIpc) is 2.89. The van der Waals surface area contributed by atoms with Crippen LogP contribution in [0.3, 0.4) is 0 Å². The normalized spacial score (nSPS) is 35.5. The van der Waals surface area contributed by atoms with Gasteiger partial charge in [-0.2, -0.15) is 5.26 Å². The van der Waals surface area contributed by atoms with Gasteiger partial charge in [-0.25, -0.2) is 6.57 Å². The zero-order valence-corrected chi connectivity index (χ0v) is 22.6. The molecule has 196 valence electrons. The highest BCUT2D eigenvalue weighted by Gasteiger charge is 2.47. The van der Waals surface area contributed by atoms with Gasteiger partial charge in [0.25, 0.3) is 6.04 Å². The second-order valence-corrected chi connectivity index (χ2v) is 12.0. The quantitative estimate of drug-likeness (QED) is 0.168. The van der Waals surface area contributed by atoms with E-state index in [0.717, 1.165) is 69.1 Å². The molecule has 3 fully saturated rings. The van der Waals surface area contributed by atoms with Crippen molar-refractivity contribution >= 4 is 5.97 Å². The van der Waals surface area contributed by atoms with E-state index >= 15 is 0 Å². The molecule has 0 N–H and O–H groups in total. The number of nitriles is 1. The maximum Gasteiger partial charge on any atom is 0.309 e. The van der Waals surface area contributed by atoms with Gasteiger partial charge in [-0.15, -0.1) is 0 Å². The average molecular weight is 483 g/mol. The van der Waals surface area contributed by atoms with E-state index in [1.807, 2.05) is 0 Å². The summed E-state index contributed by atoms with van der Waals surface area (Å²) in [7, 11) is 0. The van der Waals surface area contributed by atoms with Crippen molar-refractivity contribution in [1.82, 2.24) is 0 Å². The fraction of sp³-hybridized carbons (Fsp3) is 0.903. The number of nitrogens with zero attached hydrogens (tertiary/aromatic N) is 2. The Hall–Kier alpha value is -1.55. The molecule has 4 nitrogen and oxygen atoms in total. The van der Waals surface area contributed by atoms with Crippen molar-refractivity contribution in [2.75, 3.05) is 0 Å². The lowest BCUT2D eigenvalue weighted by atomic mass is 9.68. The number of hydrogen-bond acceptors (Lipinski definition) is 3. The predicted octanol–water partition coefficient (Wildman–Crippen LogP) is 8.51. The first-order chi connectivity index (χ1) is 17.1. The van der Waals surface area contributed by atoms with Crippen LogP contribution in [0.5, 0.6) is 0 Å². The lowest BCUT2D eigenvalue weighted by molar-refractivity contribution is -0.158. The van der Waals surface area contributed by atoms with Gasteiger partial charge in [0.15, 0.2) is 6.10 Å². The van der Waals surface area contributed by atoms with Gasteiger partial charge in [-0.1, -0.05) is 71.6 Å². The maximum atomic E-state index is 13.1. The Bertz CT molecular complexity index is 706. The summed E-state index contributed by atoms with van der Waals surface area (Å²) in [5.74, 6) is 2.47. The molecule has 0 heterocycles. The Balaban J connectivity index is 1.42. The molecule has 0 aliphatic heterocycles. The summed E-state index contributed by atoms with van der Waals surface area (Å²) in [6.07, 6.45) is 21.1. The Morgan fingerprint density at radius 1 is 0.857 bits per heavy atom. The zero-order valence-electron chi connectivity index (χ0n) is 22.6. The fourth-order valence-electron chi connectivity index (χ4n) is 7.40. The molecule has 3 aliphatic carbocycles. The molecule has 0 saturated heterocycles. The van der Waals surface area contributed by atoms with E-state index in [9.17, 15) is 10.1 Å². The van der Waals surface area contributed by atoms with Crippen molar-refractivity contribution in [3.8, 4) is 6.07 Å². The van der Waals surface area contributed by atoms with Gasteiger partial charge < -0.3 is 9.58 Å². The molecule has 0 amide bonds. The second kappa shape index (κ2) is 14.9. The van der Waals surface area contributed by atoms with Crippen LogP contribution in [0.15, 0.2) is 0 Å². The number of esters is 1. The molecule has 4 atom stereocenters. The van der Waals surface area contributed by atoms with Gasteiger partial charge >= 0.3 is 5.97 Å². The molecule has 3 saturated carbocycles. The maximum absolute atomic E-state index is 13.1. The van der Waals surface area contributed by atoms with Gasteiger partial charge in [0, 0.05) is 0 Å². The van der Waals surface area contributed by atoms with Crippen molar-refractivity contribution in [3.05, 3.63) is 11.4 Å². The van der Waals surface area contributed by atoms with Crippen LogP contribution >= 0.6 is 0 Å². The SMILES string of the molecule is [C-]#[N+]C1C(OC(=O)C2CCC(C3CCC(CCCCC)CC3)CC2)CCC(CCCCC)C1C#N. The third-order valence-corrected chi connectivity index (χ3v) is 9.70. The number of carbonyl (C=O) groups is 1. The van der Waals surface area contributed by atoms with Crippen molar-refractivity contribution in [2.24, 2.45) is 35.5 Å². The molecule has 0 aromatic rings. The third kappa shape index (κ3) is 7.97. The number of hydrogen-bond donors (Lipinski definition) is 0. The molecular formula is C31H50N2O2. The first-order valence-corrected chi connectivity index (χ1v) is 15.1. The molecular weight excluding hydrogens is 432 g/mol. The monoisotopic (exact) mass is 482 g/mol. The number of rotatable bonds is 11. The van der Waals surface area contributed by atoms with Crippen LogP contribution < -0.4 is 0 Å². The predicted molar refractivity (Wildman–Crippen MR) is 141 cm³/mol. The van der Waals surface area contributed by atoms with E-state index in [1.165, 1.54) is 64.2 Å². The van der Waals surface area contributed by atoms with Crippen LogP contribution in [-0.2, 0) is 9.53 Å². The fourth-order valence-corrected chi connectivity index (χ4v) is 7.40. The first-order valence-electron chi connectivity index (χ1n) is 15.1. The Morgan fingerprint density at radius 3 is 2.03 bits per heavy atom. The largest absolute Gasteiger partial charge is 0.454 e. The van der Waals surface area contributed by atoms with Gasteiger partial charge in [-0.3, -0.25) is 4.79 Å². The molecule has 0 aromatic heterocycles. The first kappa shape index (κ1) is 28.0. The van der Waals surface area contributed by atoms with Crippen molar-refractivity contribution in [1.29, 1.82) is 5.26 Å². The highest BCUT2D eigenvalue weighted by Crippen LogP contribution is 2.43. The lowest BCUT2D eigenvalue weighted by Crippen LogP contribution is -2.43. The summed E-state index contributed by atoms with van der Waals surface area (Å²) < 4.78 is 5.98. The molecule has 0 bridgehead atoms. The van der Waals surface area contributed by atoms with Gasteiger partial charge in [0.1, 0.15) is 5.92 Å². The Morgan fingerprint density at radius 2 is 1.46 bits per heavy atom. The molecule has 35 heavy (non-hydrogen) atoms. The summed E-state index contributed by atoms with van der Waals surface area (Å²) in [6.45, 7) is 12.2. The summed E-state index contributed by atoms with van der Waals surface area (Å²) in [6, 6.07) is 1.93. The smallest absolute Gasteiger partial charge is 0.309 e. The standard InChI is InChI=1S/C31H50N2O2/c1-4-6-8-10-23-12-14-24(15-13-23)25-16-18-27(19-17-25)31(34)35-29-21-20-26(11-9-7-5-2)28(22-32)30(29)33-3/h23-30H,4-21H2,1-2H3. The molecule has 3 rings (SSSR count). The minimum absolute atomic E-state index is 0.00849. The number of unbranched alkanes of at least 4 members (excludes halogenated alkanes) is 4. The van der Waals surface area contributed by atoms with Crippen LogP contribution in [0.4, 0.5) is 0 Å². The van der Waals surface area contributed by atoms with E-state index < -0.39 is 12.1 Å².